The molecule has 0 radical (unpaired) electrons. The van der Waals surface area contributed by atoms with E-state index in [1.807, 2.05) is 10.7 Å². The second kappa shape index (κ2) is 4.63. The Labute approximate surface area is 112 Å². The van der Waals surface area contributed by atoms with Gasteiger partial charge >= 0.3 is 5.97 Å². The molecular weight excluding hydrogens is 244 g/mol. The number of fused-ring (bicyclic) bond motifs is 1. The molecule has 1 aromatic heterocycles. The van der Waals surface area contributed by atoms with Gasteiger partial charge in [0.15, 0.2) is 5.69 Å². The molecule has 2 aliphatic rings. The Morgan fingerprint density at radius 2 is 2.21 bits per heavy atom. The van der Waals surface area contributed by atoms with Crippen LogP contribution in [0.5, 0.6) is 0 Å². The zero-order chi connectivity index (χ0) is 13.6. The summed E-state index contributed by atoms with van der Waals surface area (Å²) in [5.74, 6) is 1.41. The number of hydrogen-bond acceptors (Lipinski definition) is 4. The highest BCUT2D eigenvalue weighted by atomic mass is 16.5. The Kier molecular flexibility index (Phi) is 3.09. The van der Waals surface area contributed by atoms with Crippen LogP contribution in [0.3, 0.4) is 0 Å². The van der Waals surface area contributed by atoms with Gasteiger partial charge in [0, 0.05) is 17.7 Å². The predicted molar refractivity (Wildman–Crippen MR) is 69.1 cm³/mol. The highest BCUT2D eigenvalue weighted by molar-refractivity contribution is 5.87. The molecule has 1 aromatic rings. The van der Waals surface area contributed by atoms with Crippen LogP contribution in [0.1, 0.15) is 48.9 Å². The van der Waals surface area contributed by atoms with Crippen molar-refractivity contribution >= 4 is 5.97 Å². The summed E-state index contributed by atoms with van der Waals surface area (Å²) in [5, 5.41) is 4.42. The third kappa shape index (κ3) is 2.06. The van der Waals surface area contributed by atoms with E-state index in [2.05, 4.69) is 18.9 Å². The van der Waals surface area contributed by atoms with E-state index in [1.165, 1.54) is 0 Å². The van der Waals surface area contributed by atoms with Gasteiger partial charge in [0.05, 0.1) is 19.8 Å². The number of hydrogen-bond donors (Lipinski definition) is 0. The molecule has 1 aliphatic carbocycles. The topological polar surface area (TPSA) is 53.4 Å². The number of nitrogens with zero attached hydrogens (tertiary/aromatic N) is 2. The molecule has 0 unspecified atom stereocenters. The van der Waals surface area contributed by atoms with Gasteiger partial charge < -0.3 is 9.47 Å². The minimum absolute atomic E-state index is 0.250. The summed E-state index contributed by atoms with van der Waals surface area (Å²) < 4.78 is 12.4. The van der Waals surface area contributed by atoms with E-state index < -0.39 is 0 Å². The fraction of sp³-hybridized carbons (Fsp3) is 0.714. The van der Waals surface area contributed by atoms with Gasteiger partial charge in [-0.15, -0.1) is 0 Å². The normalized spacial score (nSPS) is 28.5. The summed E-state index contributed by atoms with van der Waals surface area (Å²) >= 11 is 0. The third-order valence-electron chi connectivity index (χ3n) is 4.03. The average molecular weight is 264 g/mol. The van der Waals surface area contributed by atoms with Gasteiger partial charge in [-0.25, -0.2) is 4.79 Å². The van der Waals surface area contributed by atoms with Crippen molar-refractivity contribution < 1.29 is 14.3 Å². The van der Waals surface area contributed by atoms with E-state index in [0.717, 1.165) is 18.9 Å². The maximum atomic E-state index is 11.8. The van der Waals surface area contributed by atoms with Crippen LogP contribution in [0.2, 0.25) is 0 Å². The van der Waals surface area contributed by atoms with E-state index in [0.29, 0.717) is 30.1 Å². The monoisotopic (exact) mass is 264 g/mol. The Hall–Kier alpha value is -1.36. The summed E-state index contributed by atoms with van der Waals surface area (Å²) in [4.78, 5) is 11.8. The van der Waals surface area contributed by atoms with Gasteiger partial charge in [-0.3, -0.25) is 4.68 Å². The molecule has 19 heavy (non-hydrogen) atoms. The number of ether oxygens (including phenoxy) is 2. The molecule has 3 atom stereocenters. The standard InChI is InChI=1S/C14H20N2O3/c1-4-19-14(17)11-5-12(16(15-11)8(2)3)13-9-6-18-7-10(9)13/h5,8-10,13H,4,6-7H2,1-3H3/t9-,10+,13-. The second-order valence-corrected chi connectivity index (χ2v) is 5.60. The predicted octanol–water partition coefficient (Wildman–Crippen LogP) is 2.00. The zero-order valence-electron chi connectivity index (χ0n) is 11.6. The highest BCUT2D eigenvalue weighted by Crippen LogP contribution is 2.57. The van der Waals surface area contributed by atoms with Crippen LogP contribution in [0, 0.1) is 11.8 Å². The summed E-state index contributed by atoms with van der Waals surface area (Å²) in [6, 6.07) is 2.15. The second-order valence-electron chi connectivity index (χ2n) is 5.60. The Balaban J connectivity index is 1.88. The number of carbonyl (C=O) groups is 1. The van der Waals surface area contributed by atoms with E-state index in [4.69, 9.17) is 9.47 Å². The Bertz CT molecular complexity index is 485. The molecule has 1 saturated heterocycles. The summed E-state index contributed by atoms with van der Waals surface area (Å²) in [6.07, 6.45) is 0. The maximum absolute atomic E-state index is 11.8. The minimum atomic E-state index is -0.329. The van der Waals surface area contributed by atoms with Crippen LogP contribution >= 0.6 is 0 Å². The minimum Gasteiger partial charge on any atom is -0.461 e. The molecule has 1 saturated carbocycles. The van der Waals surface area contributed by atoms with Crippen LogP contribution in [0.25, 0.3) is 0 Å². The molecule has 5 nitrogen and oxygen atoms in total. The molecular formula is C14H20N2O3. The van der Waals surface area contributed by atoms with Crippen LogP contribution in [0.4, 0.5) is 0 Å². The van der Waals surface area contributed by atoms with Crippen molar-refractivity contribution in [2.45, 2.75) is 32.7 Å². The molecule has 0 aromatic carbocycles. The first-order valence-corrected chi connectivity index (χ1v) is 6.97. The highest BCUT2D eigenvalue weighted by Gasteiger charge is 2.56. The molecule has 5 heteroatoms. The lowest BCUT2D eigenvalue weighted by Crippen LogP contribution is -2.11. The van der Waals surface area contributed by atoms with Crippen LogP contribution in [0.15, 0.2) is 6.07 Å². The van der Waals surface area contributed by atoms with Crippen LogP contribution in [-0.2, 0) is 9.47 Å². The molecule has 104 valence electrons. The molecule has 0 amide bonds. The average Bonchev–Trinajstić information content (AvgIpc) is 2.82. The maximum Gasteiger partial charge on any atom is 0.358 e. The van der Waals surface area contributed by atoms with Crippen molar-refractivity contribution in [3.8, 4) is 0 Å². The lowest BCUT2D eigenvalue weighted by Gasteiger charge is -2.12. The molecule has 2 heterocycles. The summed E-state index contributed by atoms with van der Waals surface area (Å²) in [5.41, 5.74) is 1.59. The molecule has 1 aliphatic heterocycles. The van der Waals surface area contributed by atoms with Gasteiger partial charge in [-0.1, -0.05) is 0 Å². The molecule has 0 bridgehead atoms. The van der Waals surface area contributed by atoms with Crippen molar-refractivity contribution in [2.75, 3.05) is 19.8 Å². The van der Waals surface area contributed by atoms with Gasteiger partial charge in [0.25, 0.3) is 0 Å². The lowest BCUT2D eigenvalue weighted by molar-refractivity contribution is 0.0518. The molecule has 2 fully saturated rings. The van der Waals surface area contributed by atoms with Gasteiger partial charge in [0.1, 0.15) is 0 Å². The number of aromatic nitrogens is 2. The number of esters is 1. The van der Waals surface area contributed by atoms with E-state index in [-0.39, 0.29) is 12.0 Å². The van der Waals surface area contributed by atoms with E-state index in [9.17, 15) is 4.79 Å². The fourth-order valence-electron chi connectivity index (χ4n) is 3.05. The van der Waals surface area contributed by atoms with E-state index >= 15 is 0 Å². The Morgan fingerprint density at radius 1 is 1.53 bits per heavy atom. The van der Waals surface area contributed by atoms with Gasteiger partial charge in [0.2, 0.25) is 0 Å². The van der Waals surface area contributed by atoms with Crippen molar-refractivity contribution in [1.29, 1.82) is 0 Å². The van der Waals surface area contributed by atoms with Crippen molar-refractivity contribution in [3.63, 3.8) is 0 Å². The van der Waals surface area contributed by atoms with Crippen molar-refractivity contribution in [1.82, 2.24) is 9.78 Å². The number of rotatable bonds is 4. The molecule has 0 spiro atoms. The van der Waals surface area contributed by atoms with E-state index in [1.54, 1.807) is 6.92 Å². The third-order valence-corrected chi connectivity index (χ3v) is 4.03. The first-order valence-electron chi connectivity index (χ1n) is 6.97. The van der Waals surface area contributed by atoms with Crippen molar-refractivity contribution in [3.05, 3.63) is 17.5 Å². The largest absolute Gasteiger partial charge is 0.461 e. The fourth-order valence-corrected chi connectivity index (χ4v) is 3.05. The Morgan fingerprint density at radius 3 is 2.79 bits per heavy atom. The van der Waals surface area contributed by atoms with Gasteiger partial charge in [-0.05, 0) is 38.7 Å². The number of carbonyl (C=O) groups excluding carboxylic acids is 1. The quantitative estimate of drug-likeness (QED) is 0.780. The SMILES string of the molecule is CCOC(=O)c1cc([C@@H]2[C@@H]3COC[C@@H]32)n(C(C)C)n1. The van der Waals surface area contributed by atoms with Gasteiger partial charge in [-0.2, -0.15) is 5.10 Å². The molecule has 0 N–H and O–H groups in total. The summed E-state index contributed by atoms with van der Waals surface area (Å²) in [6.45, 7) is 8.03. The lowest BCUT2D eigenvalue weighted by atomic mass is 10.2. The zero-order valence-corrected chi connectivity index (χ0v) is 11.6. The summed E-state index contributed by atoms with van der Waals surface area (Å²) in [7, 11) is 0. The first kappa shape index (κ1) is 12.7. The smallest absolute Gasteiger partial charge is 0.358 e. The van der Waals surface area contributed by atoms with Crippen molar-refractivity contribution in [2.24, 2.45) is 11.8 Å². The first-order chi connectivity index (χ1) is 9.13. The van der Waals surface area contributed by atoms with Crippen LogP contribution in [-0.4, -0.2) is 35.6 Å². The molecule has 3 rings (SSSR count). The van der Waals surface area contributed by atoms with Crippen LogP contribution < -0.4 is 0 Å².